The minimum atomic E-state index is -0.567. The zero-order chi connectivity index (χ0) is 15.2. The number of nitrogens with zero attached hydrogens (tertiary/aromatic N) is 2. The summed E-state index contributed by atoms with van der Waals surface area (Å²) in [6.07, 6.45) is 1.24. The second kappa shape index (κ2) is 6.77. The van der Waals surface area contributed by atoms with E-state index in [-0.39, 0.29) is 30.0 Å². The highest BCUT2D eigenvalue weighted by Gasteiger charge is 2.16. The molecule has 0 aliphatic heterocycles. The van der Waals surface area contributed by atoms with Gasteiger partial charge in [-0.3, -0.25) is 14.9 Å². The molecule has 0 bridgehead atoms. The fraction of sp³-hybridized carbons (Fsp3) is 0.333. The Labute approximate surface area is 118 Å². The molecule has 112 valence electrons. The normalized spacial score (nSPS) is 10.7. The first kappa shape index (κ1) is 14.9. The molecule has 0 aliphatic carbocycles. The van der Waals surface area contributed by atoms with E-state index >= 15 is 0 Å². The average Bonchev–Trinajstić information content (AvgIpc) is 2.46. The van der Waals surface area contributed by atoms with E-state index in [4.69, 9.17) is 9.84 Å². The predicted molar refractivity (Wildman–Crippen MR) is 75.4 cm³/mol. The van der Waals surface area contributed by atoms with Crippen molar-refractivity contribution in [1.82, 2.24) is 9.97 Å². The number of aliphatic hydroxyl groups is 1. The largest absolute Gasteiger partial charge is 0.394 e. The van der Waals surface area contributed by atoms with Gasteiger partial charge in [-0.25, -0.2) is 4.98 Å². The number of hydrogen-bond acceptors (Lipinski definition) is 7. The lowest BCUT2D eigenvalue weighted by molar-refractivity contribution is -0.383. The average molecular weight is 294 g/mol. The molecule has 9 nitrogen and oxygen atoms in total. The number of hydrogen-bond donors (Lipinski definition) is 3. The summed E-state index contributed by atoms with van der Waals surface area (Å²) in [4.78, 5) is 28.5. The maximum absolute atomic E-state index is 11.6. The second-order valence-electron chi connectivity index (χ2n) is 4.14. The van der Waals surface area contributed by atoms with Crippen molar-refractivity contribution in [2.75, 3.05) is 31.7 Å². The van der Waals surface area contributed by atoms with Gasteiger partial charge in [-0.05, 0) is 6.07 Å². The lowest BCUT2D eigenvalue weighted by Gasteiger charge is -2.08. The van der Waals surface area contributed by atoms with Gasteiger partial charge in [0.15, 0.2) is 0 Å². The number of fused-ring (bicyclic) bond motifs is 1. The van der Waals surface area contributed by atoms with Crippen LogP contribution in [0, 0.1) is 10.1 Å². The Balaban J connectivity index is 2.26. The third kappa shape index (κ3) is 3.52. The van der Waals surface area contributed by atoms with Crippen LogP contribution in [0.25, 0.3) is 10.9 Å². The smallest absolute Gasteiger partial charge is 0.293 e. The van der Waals surface area contributed by atoms with Crippen molar-refractivity contribution in [2.24, 2.45) is 0 Å². The van der Waals surface area contributed by atoms with Crippen molar-refractivity contribution in [1.29, 1.82) is 0 Å². The first-order chi connectivity index (χ1) is 10.1. The summed E-state index contributed by atoms with van der Waals surface area (Å²) < 4.78 is 5.06. The molecule has 0 unspecified atom stereocenters. The molecular formula is C12H14N4O5. The molecule has 0 amide bonds. The lowest BCUT2D eigenvalue weighted by Crippen LogP contribution is -2.13. The van der Waals surface area contributed by atoms with Crippen molar-refractivity contribution < 1.29 is 14.8 Å². The molecule has 1 aromatic heterocycles. The molecule has 0 radical (unpaired) electrons. The third-order valence-corrected chi connectivity index (χ3v) is 2.75. The van der Waals surface area contributed by atoms with Gasteiger partial charge in [-0.15, -0.1) is 0 Å². The van der Waals surface area contributed by atoms with Gasteiger partial charge in [0.25, 0.3) is 11.2 Å². The monoisotopic (exact) mass is 294 g/mol. The summed E-state index contributed by atoms with van der Waals surface area (Å²) in [7, 11) is 0. The zero-order valence-electron chi connectivity index (χ0n) is 11.0. The number of nitrogens with one attached hydrogen (secondary N) is 2. The van der Waals surface area contributed by atoms with Crippen LogP contribution in [-0.4, -0.2) is 46.4 Å². The highest BCUT2D eigenvalue weighted by molar-refractivity contribution is 5.86. The van der Waals surface area contributed by atoms with E-state index in [2.05, 4.69) is 15.3 Å². The van der Waals surface area contributed by atoms with Gasteiger partial charge < -0.3 is 20.1 Å². The first-order valence-electron chi connectivity index (χ1n) is 6.22. The van der Waals surface area contributed by atoms with Crippen molar-refractivity contribution in [3.8, 4) is 0 Å². The number of rotatable bonds is 7. The number of anilines is 1. The summed E-state index contributed by atoms with van der Waals surface area (Å²) >= 11 is 0. The van der Waals surface area contributed by atoms with Crippen LogP contribution >= 0.6 is 0 Å². The van der Waals surface area contributed by atoms with Crippen molar-refractivity contribution >= 4 is 22.3 Å². The molecular weight excluding hydrogens is 280 g/mol. The molecule has 9 heteroatoms. The molecule has 0 saturated carbocycles. The van der Waals surface area contributed by atoms with E-state index in [1.165, 1.54) is 18.5 Å². The van der Waals surface area contributed by atoms with Gasteiger partial charge in [0.2, 0.25) is 0 Å². The fourth-order valence-electron chi connectivity index (χ4n) is 1.82. The van der Waals surface area contributed by atoms with Gasteiger partial charge >= 0.3 is 0 Å². The summed E-state index contributed by atoms with van der Waals surface area (Å²) in [6, 6.07) is 2.65. The number of benzene rings is 1. The topological polar surface area (TPSA) is 130 Å². The van der Waals surface area contributed by atoms with Crippen LogP contribution in [0.4, 0.5) is 11.4 Å². The van der Waals surface area contributed by atoms with Crippen LogP contribution < -0.4 is 10.9 Å². The molecule has 0 fully saturated rings. The standard InChI is InChI=1S/C12H14N4O5/c17-2-4-21-3-1-13-10-6-9-8(5-11(10)16(19)20)12(18)15-7-14-9/h5-7,13,17H,1-4H2,(H,14,15,18). The molecule has 1 aromatic carbocycles. The van der Waals surface area contributed by atoms with E-state index in [0.717, 1.165) is 0 Å². The quantitative estimate of drug-likeness (QED) is 0.379. The van der Waals surface area contributed by atoms with E-state index in [1.54, 1.807) is 0 Å². The lowest BCUT2D eigenvalue weighted by atomic mass is 10.2. The van der Waals surface area contributed by atoms with Crippen LogP contribution in [0.15, 0.2) is 23.3 Å². The van der Waals surface area contributed by atoms with E-state index in [9.17, 15) is 14.9 Å². The molecule has 0 atom stereocenters. The number of aliphatic hydroxyl groups excluding tert-OH is 1. The number of nitro benzene ring substituents is 1. The van der Waals surface area contributed by atoms with Crippen LogP contribution in [0.3, 0.4) is 0 Å². The maximum Gasteiger partial charge on any atom is 0.293 e. The summed E-state index contributed by atoms with van der Waals surface area (Å²) in [5.74, 6) is 0. The third-order valence-electron chi connectivity index (χ3n) is 2.75. The molecule has 2 aromatic rings. The SMILES string of the molecule is O=c1[nH]cnc2cc(NCCOCCO)c([N+](=O)[O-])cc12. The number of ether oxygens (including phenoxy) is 1. The van der Waals surface area contributed by atoms with Gasteiger partial charge in [0, 0.05) is 12.6 Å². The summed E-state index contributed by atoms with van der Waals surface area (Å²) in [5.41, 5.74) is -0.00888. The van der Waals surface area contributed by atoms with Crippen molar-refractivity contribution in [3.05, 3.63) is 38.9 Å². The number of aromatic amines is 1. The molecule has 21 heavy (non-hydrogen) atoms. The number of nitro groups is 1. The van der Waals surface area contributed by atoms with Crippen LogP contribution in [0.5, 0.6) is 0 Å². The Hall–Kier alpha value is -2.52. The van der Waals surface area contributed by atoms with Gasteiger partial charge in [-0.1, -0.05) is 0 Å². The molecule has 0 spiro atoms. The number of H-pyrrole nitrogens is 1. The minimum absolute atomic E-state index is 0.0805. The number of aromatic nitrogens is 2. The molecule has 0 saturated heterocycles. The Morgan fingerprint density at radius 2 is 2.24 bits per heavy atom. The van der Waals surface area contributed by atoms with Crippen molar-refractivity contribution in [3.63, 3.8) is 0 Å². The Bertz CT molecular complexity index is 700. The zero-order valence-corrected chi connectivity index (χ0v) is 11.0. The van der Waals surface area contributed by atoms with Crippen molar-refractivity contribution in [2.45, 2.75) is 0 Å². The Morgan fingerprint density at radius 3 is 2.95 bits per heavy atom. The van der Waals surface area contributed by atoms with Gasteiger partial charge in [0.05, 0.1) is 42.0 Å². The van der Waals surface area contributed by atoms with E-state index < -0.39 is 10.5 Å². The van der Waals surface area contributed by atoms with Crippen LogP contribution in [0.1, 0.15) is 0 Å². The van der Waals surface area contributed by atoms with Gasteiger partial charge in [-0.2, -0.15) is 0 Å². The van der Waals surface area contributed by atoms with E-state index in [1.807, 2.05) is 0 Å². The predicted octanol–water partition coefficient (Wildman–Crippen LogP) is 0.252. The Morgan fingerprint density at radius 1 is 1.43 bits per heavy atom. The highest BCUT2D eigenvalue weighted by Crippen LogP contribution is 2.27. The Kier molecular flexibility index (Phi) is 4.80. The summed E-state index contributed by atoms with van der Waals surface area (Å²) in [5, 5.41) is 22.7. The summed E-state index contributed by atoms with van der Waals surface area (Å²) in [6.45, 7) is 0.745. The van der Waals surface area contributed by atoms with Gasteiger partial charge in [0.1, 0.15) is 5.69 Å². The van der Waals surface area contributed by atoms with Crippen LogP contribution in [-0.2, 0) is 4.74 Å². The van der Waals surface area contributed by atoms with E-state index in [0.29, 0.717) is 18.7 Å². The molecule has 0 aliphatic rings. The minimum Gasteiger partial charge on any atom is -0.394 e. The molecule has 1 heterocycles. The maximum atomic E-state index is 11.6. The van der Waals surface area contributed by atoms with Crippen LogP contribution in [0.2, 0.25) is 0 Å². The fourth-order valence-corrected chi connectivity index (χ4v) is 1.82. The highest BCUT2D eigenvalue weighted by atomic mass is 16.6. The second-order valence-corrected chi connectivity index (χ2v) is 4.14. The molecule has 2 rings (SSSR count). The first-order valence-corrected chi connectivity index (χ1v) is 6.22. The molecule has 3 N–H and O–H groups in total.